The predicted molar refractivity (Wildman–Crippen MR) is 90.8 cm³/mol. The van der Waals surface area contributed by atoms with Crippen LogP contribution in [0.3, 0.4) is 0 Å². The smallest absolute Gasteiger partial charge is 0.344 e. The third-order valence-corrected chi connectivity index (χ3v) is 5.52. The van der Waals surface area contributed by atoms with Gasteiger partial charge in [0.1, 0.15) is 5.82 Å². The molecule has 2 heterocycles. The highest BCUT2D eigenvalue weighted by molar-refractivity contribution is 7.09. The molecule has 8 heteroatoms. The van der Waals surface area contributed by atoms with Gasteiger partial charge in [-0.15, -0.1) is 0 Å². The summed E-state index contributed by atoms with van der Waals surface area (Å²) >= 11 is 1.43. The minimum Gasteiger partial charge on any atom is -0.344 e. The monoisotopic (exact) mass is 368 g/mol. The van der Waals surface area contributed by atoms with Crippen molar-refractivity contribution in [1.29, 1.82) is 0 Å². The highest BCUT2D eigenvalue weighted by Crippen LogP contribution is 2.39. The van der Waals surface area contributed by atoms with Crippen molar-refractivity contribution in [3.63, 3.8) is 0 Å². The van der Waals surface area contributed by atoms with E-state index in [0.717, 1.165) is 43.2 Å². The van der Waals surface area contributed by atoms with Gasteiger partial charge in [0.05, 0.1) is 5.56 Å². The molecule has 2 fully saturated rings. The molecule has 1 aromatic heterocycles. The summed E-state index contributed by atoms with van der Waals surface area (Å²) in [5, 5.41) is 0.942. The van der Waals surface area contributed by atoms with Gasteiger partial charge in [0.2, 0.25) is 5.13 Å². The molecule has 0 radical (unpaired) electrons. The molecule has 0 spiro atoms. The van der Waals surface area contributed by atoms with Crippen LogP contribution in [0.2, 0.25) is 0 Å². The Hall–Kier alpha value is -1.67. The Kier molecular flexibility index (Phi) is 4.41. The maximum Gasteiger partial charge on any atom is 0.416 e. The van der Waals surface area contributed by atoms with Crippen molar-refractivity contribution >= 4 is 16.7 Å². The van der Waals surface area contributed by atoms with Crippen molar-refractivity contribution in [1.82, 2.24) is 14.3 Å². The summed E-state index contributed by atoms with van der Waals surface area (Å²) in [6.07, 6.45) is -1.94. The molecular formula is C17H19F3N4S. The summed E-state index contributed by atoms with van der Waals surface area (Å²) in [5.41, 5.74) is -0.189. The molecular weight excluding hydrogens is 349 g/mol. The Labute approximate surface area is 148 Å². The lowest BCUT2D eigenvalue weighted by Gasteiger charge is -2.34. The van der Waals surface area contributed by atoms with E-state index in [-0.39, 0.29) is 0 Å². The number of hydrogen-bond acceptors (Lipinski definition) is 5. The van der Waals surface area contributed by atoms with Gasteiger partial charge in [0, 0.05) is 50.2 Å². The Morgan fingerprint density at radius 3 is 2.48 bits per heavy atom. The summed E-state index contributed by atoms with van der Waals surface area (Å²) in [5.74, 6) is 1.51. The van der Waals surface area contributed by atoms with E-state index in [1.54, 1.807) is 12.1 Å². The molecule has 0 bridgehead atoms. The average molecular weight is 368 g/mol. The van der Waals surface area contributed by atoms with Crippen LogP contribution in [-0.2, 0) is 12.7 Å². The molecule has 0 atom stereocenters. The molecule has 1 aromatic carbocycles. The van der Waals surface area contributed by atoms with Crippen LogP contribution < -0.4 is 4.90 Å². The molecule has 1 aliphatic heterocycles. The fourth-order valence-electron chi connectivity index (χ4n) is 3.14. The molecule has 134 valence electrons. The number of rotatable bonds is 4. The molecule has 25 heavy (non-hydrogen) atoms. The molecule has 4 rings (SSSR count). The van der Waals surface area contributed by atoms with E-state index in [9.17, 15) is 13.2 Å². The van der Waals surface area contributed by atoms with Gasteiger partial charge in [0.25, 0.3) is 0 Å². The molecule has 4 nitrogen and oxygen atoms in total. The van der Waals surface area contributed by atoms with Gasteiger partial charge in [-0.05, 0) is 24.5 Å². The van der Waals surface area contributed by atoms with Gasteiger partial charge in [-0.25, -0.2) is 4.98 Å². The van der Waals surface area contributed by atoms with E-state index in [1.807, 2.05) is 0 Å². The van der Waals surface area contributed by atoms with Gasteiger partial charge in [-0.1, -0.05) is 18.2 Å². The van der Waals surface area contributed by atoms with Crippen LogP contribution in [0.25, 0.3) is 0 Å². The first-order valence-electron chi connectivity index (χ1n) is 8.47. The first kappa shape index (κ1) is 16.8. The molecule has 1 saturated heterocycles. The van der Waals surface area contributed by atoms with Crippen molar-refractivity contribution in [3.8, 4) is 0 Å². The van der Waals surface area contributed by atoms with E-state index in [1.165, 1.54) is 30.4 Å². The Balaban J connectivity index is 1.37. The van der Waals surface area contributed by atoms with Gasteiger partial charge in [-0.2, -0.15) is 17.5 Å². The summed E-state index contributed by atoms with van der Waals surface area (Å²) in [7, 11) is 0. The van der Waals surface area contributed by atoms with Crippen molar-refractivity contribution in [2.24, 2.45) is 0 Å². The van der Waals surface area contributed by atoms with Crippen LogP contribution >= 0.6 is 11.5 Å². The van der Waals surface area contributed by atoms with E-state index < -0.39 is 11.7 Å². The van der Waals surface area contributed by atoms with E-state index >= 15 is 0 Å². The second-order valence-electron chi connectivity index (χ2n) is 6.63. The van der Waals surface area contributed by atoms with E-state index in [4.69, 9.17) is 0 Å². The zero-order chi connectivity index (χ0) is 17.4. The number of aromatic nitrogens is 2. The minimum absolute atomic E-state index is 0.326. The lowest BCUT2D eigenvalue weighted by molar-refractivity contribution is -0.138. The summed E-state index contributed by atoms with van der Waals surface area (Å²) < 4.78 is 43.8. The number of piperazine rings is 1. The highest BCUT2D eigenvalue weighted by Gasteiger charge is 2.34. The fourth-order valence-corrected chi connectivity index (χ4v) is 3.93. The molecule has 2 aromatic rings. The largest absolute Gasteiger partial charge is 0.416 e. The van der Waals surface area contributed by atoms with Crippen molar-refractivity contribution < 1.29 is 13.2 Å². The molecule has 1 saturated carbocycles. The van der Waals surface area contributed by atoms with Crippen LogP contribution in [0.4, 0.5) is 18.3 Å². The number of alkyl halides is 3. The van der Waals surface area contributed by atoms with Gasteiger partial charge >= 0.3 is 6.18 Å². The third kappa shape index (κ3) is 3.79. The van der Waals surface area contributed by atoms with Crippen molar-refractivity contribution in [2.75, 3.05) is 31.1 Å². The molecule has 0 N–H and O–H groups in total. The maximum absolute atomic E-state index is 13.1. The first-order valence-corrected chi connectivity index (χ1v) is 9.24. The highest BCUT2D eigenvalue weighted by atomic mass is 32.1. The minimum atomic E-state index is -4.30. The second-order valence-corrected chi connectivity index (χ2v) is 7.36. The lowest BCUT2D eigenvalue weighted by Crippen LogP contribution is -2.46. The molecule has 2 aliphatic rings. The van der Waals surface area contributed by atoms with Gasteiger partial charge in [0.15, 0.2) is 0 Å². The summed E-state index contributed by atoms with van der Waals surface area (Å²) in [6, 6.07) is 5.84. The molecule has 0 unspecified atom stereocenters. The van der Waals surface area contributed by atoms with Crippen LogP contribution in [-0.4, -0.2) is 40.4 Å². The Morgan fingerprint density at radius 1 is 1.08 bits per heavy atom. The second kappa shape index (κ2) is 6.57. The van der Waals surface area contributed by atoms with Crippen molar-refractivity contribution in [3.05, 3.63) is 41.2 Å². The Bertz CT molecular complexity index is 733. The number of nitrogens with zero attached hydrogens (tertiary/aromatic N) is 4. The summed E-state index contributed by atoms with van der Waals surface area (Å²) in [4.78, 5) is 8.88. The standard InChI is InChI=1S/C17H19F3N4S/c18-17(19,20)14-4-2-1-3-13(14)11-23-7-9-24(10-8-23)16-21-15(22-25-16)12-5-6-12/h1-4,12H,5-11H2. The number of halogens is 3. The maximum atomic E-state index is 13.1. The quantitative estimate of drug-likeness (QED) is 0.823. The number of benzene rings is 1. The SMILES string of the molecule is FC(F)(F)c1ccccc1CN1CCN(c2nc(C3CC3)ns2)CC1. The summed E-state index contributed by atoms with van der Waals surface area (Å²) in [6.45, 7) is 3.32. The predicted octanol–water partition coefficient (Wildman–Crippen LogP) is 3.76. The first-order chi connectivity index (χ1) is 12.0. The molecule has 0 amide bonds. The van der Waals surface area contributed by atoms with Gasteiger partial charge < -0.3 is 4.90 Å². The van der Waals surface area contributed by atoms with Crippen LogP contribution in [0, 0.1) is 0 Å². The zero-order valence-electron chi connectivity index (χ0n) is 13.7. The van der Waals surface area contributed by atoms with E-state index in [2.05, 4.69) is 19.2 Å². The third-order valence-electron chi connectivity index (χ3n) is 4.73. The normalized spacial score (nSPS) is 19.4. The zero-order valence-corrected chi connectivity index (χ0v) is 14.5. The van der Waals surface area contributed by atoms with Crippen LogP contribution in [0.15, 0.2) is 24.3 Å². The topological polar surface area (TPSA) is 32.3 Å². The lowest BCUT2D eigenvalue weighted by atomic mass is 10.1. The van der Waals surface area contributed by atoms with Gasteiger partial charge in [-0.3, -0.25) is 4.90 Å². The number of anilines is 1. The van der Waals surface area contributed by atoms with E-state index in [0.29, 0.717) is 18.0 Å². The molecule has 1 aliphatic carbocycles. The Morgan fingerprint density at radius 2 is 1.80 bits per heavy atom. The van der Waals surface area contributed by atoms with Crippen molar-refractivity contribution in [2.45, 2.75) is 31.5 Å². The number of hydrogen-bond donors (Lipinski definition) is 0. The van der Waals surface area contributed by atoms with Crippen LogP contribution in [0.5, 0.6) is 0 Å². The van der Waals surface area contributed by atoms with Crippen LogP contribution in [0.1, 0.15) is 35.7 Å². The fraction of sp³-hybridized carbons (Fsp3) is 0.529. The average Bonchev–Trinajstić information content (AvgIpc) is 3.33.